The van der Waals surface area contributed by atoms with Gasteiger partial charge in [0.2, 0.25) is 5.91 Å². The number of methoxy groups -OCH3 is 1. The molecule has 12 heteroatoms. The van der Waals surface area contributed by atoms with E-state index in [4.69, 9.17) is 21.3 Å². The van der Waals surface area contributed by atoms with Gasteiger partial charge in [-0.3, -0.25) is 9.69 Å². The van der Waals surface area contributed by atoms with Crippen molar-refractivity contribution in [1.29, 1.82) is 0 Å². The van der Waals surface area contributed by atoms with Crippen LogP contribution in [-0.4, -0.2) is 74.4 Å². The number of anilines is 1. The van der Waals surface area contributed by atoms with Crippen LogP contribution in [0.25, 0.3) is 10.2 Å². The molecule has 0 saturated carbocycles. The number of likely N-dealkylation sites (N-methyl/N-ethyl adjacent to an activating group) is 1. The number of aromatic nitrogens is 1. The minimum Gasteiger partial charge on any atom is -0.497 e. The molecule has 196 valence electrons. The van der Waals surface area contributed by atoms with Crippen molar-refractivity contribution in [3.8, 4) is 5.75 Å². The van der Waals surface area contributed by atoms with Crippen LogP contribution >= 0.6 is 34.3 Å². The highest BCUT2D eigenvalue weighted by Gasteiger charge is 2.41. The normalized spacial score (nSPS) is 17.1. The maximum absolute atomic E-state index is 14.1. The maximum atomic E-state index is 14.1. The van der Waals surface area contributed by atoms with Crippen LogP contribution in [-0.2, 0) is 14.8 Å². The average molecular weight is 571 g/mol. The molecule has 1 aromatic carbocycles. The summed E-state index contributed by atoms with van der Waals surface area (Å²) < 4.78 is 35.2. The van der Waals surface area contributed by atoms with E-state index >= 15 is 0 Å². The standard InChI is InChI=1S/C24H31ClN4O4S3/c1-4-27(5-2)14-15-28(24-26-18-10-9-17(33-3)16-20(18)34-24)23(30)19-8-6-7-13-29(19)36(31,32)22-12-11-21(25)35-22/h9-12,16,19H,4-8,13-15H2,1-3H3. The Labute approximate surface area is 225 Å². The van der Waals surface area contributed by atoms with Gasteiger partial charge in [-0.05, 0) is 56.3 Å². The monoisotopic (exact) mass is 570 g/mol. The van der Waals surface area contributed by atoms with Gasteiger partial charge in [0, 0.05) is 19.6 Å². The van der Waals surface area contributed by atoms with Crippen molar-refractivity contribution in [3.05, 3.63) is 34.7 Å². The van der Waals surface area contributed by atoms with E-state index in [0.717, 1.165) is 46.8 Å². The summed E-state index contributed by atoms with van der Waals surface area (Å²) in [6, 6.07) is 7.92. The molecule has 1 aliphatic rings. The number of hydrogen-bond donors (Lipinski definition) is 0. The van der Waals surface area contributed by atoms with Crippen LogP contribution in [0.5, 0.6) is 5.75 Å². The number of sulfonamides is 1. The Morgan fingerprint density at radius 1 is 1.17 bits per heavy atom. The van der Waals surface area contributed by atoms with Gasteiger partial charge >= 0.3 is 0 Å². The van der Waals surface area contributed by atoms with Crippen LogP contribution in [0, 0.1) is 0 Å². The quantitative estimate of drug-likeness (QED) is 0.343. The predicted octanol–water partition coefficient (Wildman–Crippen LogP) is 4.94. The maximum Gasteiger partial charge on any atom is 0.253 e. The molecule has 1 saturated heterocycles. The average Bonchev–Trinajstić information content (AvgIpc) is 3.52. The number of thiazole rings is 1. The zero-order valence-electron chi connectivity index (χ0n) is 20.6. The van der Waals surface area contributed by atoms with E-state index in [1.807, 2.05) is 18.2 Å². The lowest BCUT2D eigenvalue weighted by Crippen LogP contribution is -2.54. The largest absolute Gasteiger partial charge is 0.497 e. The van der Waals surface area contributed by atoms with E-state index in [1.165, 1.54) is 21.7 Å². The molecule has 0 radical (unpaired) electrons. The lowest BCUT2D eigenvalue weighted by molar-refractivity contribution is -0.123. The number of fused-ring (bicyclic) bond motifs is 1. The molecule has 3 heterocycles. The SMILES string of the molecule is CCN(CC)CCN(C(=O)C1CCCCN1S(=O)(=O)c1ccc(Cl)s1)c1nc2ccc(OC)cc2s1. The molecule has 1 fully saturated rings. The van der Waals surface area contributed by atoms with Gasteiger partial charge in [-0.15, -0.1) is 11.3 Å². The molecule has 36 heavy (non-hydrogen) atoms. The third kappa shape index (κ3) is 5.71. The Morgan fingerprint density at radius 3 is 2.61 bits per heavy atom. The highest BCUT2D eigenvalue weighted by Crippen LogP contribution is 2.35. The highest BCUT2D eigenvalue weighted by molar-refractivity contribution is 7.91. The number of hydrogen-bond acceptors (Lipinski definition) is 8. The first-order valence-corrected chi connectivity index (χ1v) is 15.5. The number of carbonyl (C=O) groups excluding carboxylic acids is 1. The van der Waals surface area contributed by atoms with Crippen molar-refractivity contribution in [2.24, 2.45) is 0 Å². The number of ether oxygens (including phenoxy) is 1. The van der Waals surface area contributed by atoms with E-state index in [1.54, 1.807) is 18.1 Å². The first-order valence-electron chi connectivity index (χ1n) is 12.0. The summed E-state index contributed by atoms with van der Waals surface area (Å²) in [5.74, 6) is 0.483. The number of thiophene rings is 1. The topological polar surface area (TPSA) is 83.0 Å². The van der Waals surface area contributed by atoms with Crippen molar-refractivity contribution < 1.29 is 17.9 Å². The minimum absolute atomic E-state index is 0.161. The van der Waals surface area contributed by atoms with Crippen molar-refractivity contribution in [2.75, 3.05) is 44.7 Å². The summed E-state index contributed by atoms with van der Waals surface area (Å²) in [6.45, 7) is 7.28. The van der Waals surface area contributed by atoms with E-state index in [-0.39, 0.29) is 10.1 Å². The van der Waals surface area contributed by atoms with Crippen LogP contribution in [0.1, 0.15) is 33.1 Å². The molecule has 3 aromatic rings. The molecule has 0 bridgehead atoms. The number of benzene rings is 1. The molecule has 8 nitrogen and oxygen atoms in total. The lowest BCUT2D eigenvalue weighted by atomic mass is 10.0. The molecule has 1 atom stereocenters. The fourth-order valence-corrected chi connectivity index (χ4v) is 8.68. The third-order valence-electron chi connectivity index (χ3n) is 6.47. The van der Waals surface area contributed by atoms with E-state index in [2.05, 4.69) is 18.7 Å². The van der Waals surface area contributed by atoms with Crippen molar-refractivity contribution in [2.45, 2.75) is 43.4 Å². The Balaban J connectivity index is 1.69. The summed E-state index contributed by atoms with van der Waals surface area (Å²) in [5.41, 5.74) is 0.776. The number of carbonyl (C=O) groups is 1. The van der Waals surface area contributed by atoms with Gasteiger partial charge in [0.25, 0.3) is 10.0 Å². The van der Waals surface area contributed by atoms with Gasteiger partial charge in [0.05, 0.1) is 21.7 Å². The second kappa shape index (κ2) is 11.7. The minimum atomic E-state index is -3.85. The molecule has 1 unspecified atom stereocenters. The molecule has 0 spiro atoms. The van der Waals surface area contributed by atoms with Crippen LogP contribution in [0.3, 0.4) is 0 Å². The Morgan fingerprint density at radius 2 is 1.94 bits per heavy atom. The van der Waals surface area contributed by atoms with E-state index in [0.29, 0.717) is 41.9 Å². The summed E-state index contributed by atoms with van der Waals surface area (Å²) in [7, 11) is -2.24. The second-order valence-corrected chi connectivity index (χ2v) is 13.4. The lowest BCUT2D eigenvalue weighted by Gasteiger charge is -2.36. The number of amides is 1. The molecule has 4 rings (SSSR count). The molecular weight excluding hydrogens is 540 g/mol. The van der Waals surface area contributed by atoms with Crippen LogP contribution in [0.2, 0.25) is 4.34 Å². The first-order chi connectivity index (χ1) is 17.3. The van der Waals surface area contributed by atoms with Crippen LogP contribution < -0.4 is 9.64 Å². The molecule has 2 aromatic heterocycles. The van der Waals surface area contributed by atoms with Crippen molar-refractivity contribution in [3.63, 3.8) is 0 Å². The van der Waals surface area contributed by atoms with Gasteiger partial charge in [-0.2, -0.15) is 4.31 Å². The number of rotatable bonds is 10. The molecule has 0 aliphatic carbocycles. The summed E-state index contributed by atoms with van der Waals surface area (Å²) in [4.78, 5) is 22.8. The molecule has 0 N–H and O–H groups in total. The zero-order chi connectivity index (χ0) is 25.9. The summed E-state index contributed by atoms with van der Waals surface area (Å²) >= 11 is 8.46. The number of nitrogens with zero attached hydrogens (tertiary/aromatic N) is 4. The van der Waals surface area contributed by atoms with Crippen molar-refractivity contribution >= 4 is 65.6 Å². The second-order valence-electron chi connectivity index (χ2n) is 8.53. The molecule has 1 aliphatic heterocycles. The highest BCUT2D eigenvalue weighted by atomic mass is 35.5. The van der Waals surface area contributed by atoms with Gasteiger partial charge < -0.3 is 9.64 Å². The van der Waals surface area contributed by atoms with Gasteiger partial charge in [0.1, 0.15) is 16.0 Å². The Hall–Kier alpha value is -1.76. The van der Waals surface area contributed by atoms with Gasteiger partial charge in [-0.1, -0.05) is 43.2 Å². The predicted molar refractivity (Wildman–Crippen MR) is 147 cm³/mol. The molecule has 1 amide bonds. The third-order valence-corrected chi connectivity index (χ3v) is 11.1. The van der Waals surface area contributed by atoms with E-state index < -0.39 is 16.1 Å². The van der Waals surface area contributed by atoms with E-state index in [9.17, 15) is 13.2 Å². The fourth-order valence-electron chi connectivity index (χ4n) is 4.39. The Bertz CT molecular complexity index is 1310. The van der Waals surface area contributed by atoms with Gasteiger partial charge in [-0.25, -0.2) is 13.4 Å². The first kappa shape index (κ1) is 27.3. The fraction of sp³-hybridized carbons (Fsp3) is 0.500. The van der Waals surface area contributed by atoms with Crippen molar-refractivity contribution in [1.82, 2.24) is 14.2 Å². The molecular formula is C24H31ClN4O4S3. The smallest absolute Gasteiger partial charge is 0.253 e. The van der Waals surface area contributed by atoms with Crippen LogP contribution in [0.15, 0.2) is 34.5 Å². The summed E-state index contributed by atoms with van der Waals surface area (Å²) in [6.07, 6.45) is 1.97. The van der Waals surface area contributed by atoms with Crippen LogP contribution in [0.4, 0.5) is 5.13 Å². The Kier molecular flexibility index (Phi) is 8.90. The zero-order valence-corrected chi connectivity index (χ0v) is 23.9. The number of halogens is 1. The number of piperidine rings is 1. The van der Waals surface area contributed by atoms with Gasteiger partial charge in [0.15, 0.2) is 5.13 Å². The summed E-state index contributed by atoms with van der Waals surface area (Å²) in [5, 5.41) is 0.567.